The number of nitrogens with one attached hydrogen (secondary N) is 4. The van der Waals surface area contributed by atoms with Gasteiger partial charge in [-0.2, -0.15) is 0 Å². The van der Waals surface area contributed by atoms with Crippen LogP contribution in [0.2, 0.25) is 0 Å². The second-order valence-corrected chi connectivity index (χ2v) is 17.1. The summed E-state index contributed by atoms with van der Waals surface area (Å²) < 4.78 is 0. The molecule has 9 rings (SSSR count). The maximum Gasteiger partial charge on any atom is 0.253 e. The van der Waals surface area contributed by atoms with E-state index in [4.69, 9.17) is 9.97 Å². The van der Waals surface area contributed by atoms with Crippen LogP contribution in [0.25, 0.3) is 43.6 Å². The Labute approximate surface area is 352 Å². The van der Waals surface area contributed by atoms with Crippen LogP contribution in [0.5, 0.6) is 0 Å². The molecule has 6 aromatic rings. The van der Waals surface area contributed by atoms with Gasteiger partial charge in [-0.15, -0.1) is 0 Å². The molecule has 60 heavy (non-hydrogen) atoms. The molecule has 3 saturated heterocycles. The number of piperidine rings is 2. The number of fused-ring (bicyclic) bond motifs is 4. The van der Waals surface area contributed by atoms with E-state index in [0.717, 1.165) is 159 Å². The maximum absolute atomic E-state index is 13.6. The zero-order chi connectivity index (χ0) is 41.0. The first-order valence-corrected chi connectivity index (χ1v) is 21.9. The number of anilines is 2. The minimum atomic E-state index is -0.0451. The van der Waals surface area contributed by atoms with Crippen molar-refractivity contribution in [2.24, 2.45) is 0 Å². The first-order chi connectivity index (χ1) is 29.4. The Morgan fingerprint density at radius 3 is 1.32 bits per heavy atom. The van der Waals surface area contributed by atoms with Crippen molar-refractivity contribution in [2.75, 3.05) is 103 Å². The van der Waals surface area contributed by atoms with Crippen LogP contribution < -0.4 is 21.3 Å². The molecular formula is C48H58N10O2. The fraction of sp³-hybridized carbons (Fsp3) is 0.417. The largest absolute Gasteiger partial charge is 0.383 e. The summed E-state index contributed by atoms with van der Waals surface area (Å²) in [5, 5.41) is 18.2. The Kier molecular flexibility index (Phi) is 12.1. The molecule has 5 heterocycles. The molecule has 312 valence electrons. The second-order valence-electron chi connectivity index (χ2n) is 17.1. The third kappa shape index (κ3) is 8.74. The van der Waals surface area contributed by atoms with Crippen molar-refractivity contribution in [3.8, 4) is 0 Å². The van der Waals surface area contributed by atoms with E-state index in [0.29, 0.717) is 11.1 Å². The smallest absolute Gasteiger partial charge is 0.253 e. The van der Waals surface area contributed by atoms with Gasteiger partial charge in [-0.3, -0.25) is 19.4 Å². The molecule has 0 saturated carbocycles. The highest BCUT2D eigenvalue weighted by Gasteiger charge is 2.24. The number of amides is 2. The number of hydrogen-bond donors (Lipinski definition) is 4. The molecule has 4 aromatic carbocycles. The number of benzene rings is 4. The van der Waals surface area contributed by atoms with Gasteiger partial charge < -0.3 is 31.1 Å². The maximum atomic E-state index is 13.6. The van der Waals surface area contributed by atoms with Gasteiger partial charge in [-0.25, -0.2) is 9.97 Å². The molecule has 0 bridgehead atoms. The second kappa shape index (κ2) is 18.1. The number of piperazine rings is 1. The number of aromatic nitrogens is 2. The van der Waals surface area contributed by atoms with Crippen LogP contribution in [0.15, 0.2) is 84.9 Å². The SMILES string of the molecule is CN1CCC(NC(=O)c2cccc3c(NCCN4CCN(CCNc5c6ccccc6nc6c(C(=O)NC7CCN(C)CC7)cccc56)CC4)c4ccccc4nc23)CC1. The van der Waals surface area contributed by atoms with Crippen LogP contribution in [0.3, 0.4) is 0 Å². The summed E-state index contributed by atoms with van der Waals surface area (Å²) in [7, 11) is 4.27. The van der Waals surface area contributed by atoms with E-state index in [1.807, 2.05) is 48.5 Å². The summed E-state index contributed by atoms with van der Waals surface area (Å²) in [6, 6.07) is 28.7. The standard InChI is InChI=1S/C48H58N10O2/c1-55-23-17-33(18-24-55)51-47(59)39-13-7-11-37-43(35-9-3-5-15-41(35)53-45(37)39)49-21-27-57-29-31-58(32-30-57)28-22-50-44-36-10-4-6-16-42(36)54-46-38(44)12-8-14-40(46)48(60)52-34-19-25-56(2)26-20-34/h3-16,33-34H,17-32H2,1-2H3,(H,49,53)(H,50,54)(H,51,59)(H,52,60). The van der Waals surface area contributed by atoms with E-state index in [1.54, 1.807) is 0 Å². The third-order valence-corrected chi connectivity index (χ3v) is 12.9. The number of rotatable bonds is 12. The average molecular weight is 807 g/mol. The number of carbonyl (C=O) groups excluding carboxylic acids is 2. The molecule has 4 N–H and O–H groups in total. The summed E-state index contributed by atoms with van der Waals surface area (Å²) in [5.41, 5.74) is 6.59. The lowest BCUT2D eigenvalue weighted by molar-refractivity contribution is 0.0910. The van der Waals surface area contributed by atoms with Gasteiger partial charge in [0, 0.05) is 86.0 Å². The normalized spacial score (nSPS) is 18.0. The minimum Gasteiger partial charge on any atom is -0.383 e. The highest BCUT2D eigenvalue weighted by atomic mass is 16.2. The van der Waals surface area contributed by atoms with Gasteiger partial charge in [0.2, 0.25) is 0 Å². The number of likely N-dealkylation sites (tertiary alicyclic amines) is 2. The van der Waals surface area contributed by atoms with E-state index in [2.05, 4.69) is 91.4 Å². The van der Waals surface area contributed by atoms with E-state index in [1.165, 1.54) is 0 Å². The molecule has 2 amide bonds. The van der Waals surface area contributed by atoms with Crippen LogP contribution in [-0.2, 0) is 0 Å². The molecule has 0 aliphatic carbocycles. The molecule has 3 aliphatic rings. The van der Waals surface area contributed by atoms with E-state index < -0.39 is 0 Å². The molecule has 0 unspecified atom stereocenters. The number of para-hydroxylation sites is 4. The summed E-state index contributed by atoms with van der Waals surface area (Å²) in [5.74, 6) is -0.0902. The molecule has 0 radical (unpaired) electrons. The van der Waals surface area contributed by atoms with Gasteiger partial charge in [0.05, 0.1) is 44.6 Å². The van der Waals surface area contributed by atoms with Crippen LogP contribution in [0.4, 0.5) is 11.4 Å². The molecule has 3 aliphatic heterocycles. The van der Waals surface area contributed by atoms with Crippen LogP contribution in [0, 0.1) is 0 Å². The summed E-state index contributed by atoms with van der Waals surface area (Å²) >= 11 is 0. The van der Waals surface area contributed by atoms with E-state index in [-0.39, 0.29) is 23.9 Å². The minimum absolute atomic E-state index is 0.0451. The first kappa shape index (κ1) is 40.0. The fourth-order valence-electron chi connectivity index (χ4n) is 9.32. The van der Waals surface area contributed by atoms with Gasteiger partial charge in [0.25, 0.3) is 11.8 Å². The van der Waals surface area contributed by atoms with Gasteiger partial charge in [-0.1, -0.05) is 60.7 Å². The lowest BCUT2D eigenvalue weighted by Crippen LogP contribution is -2.48. The van der Waals surface area contributed by atoms with Gasteiger partial charge in [0.15, 0.2) is 0 Å². The third-order valence-electron chi connectivity index (χ3n) is 12.9. The zero-order valence-corrected chi connectivity index (χ0v) is 35.1. The van der Waals surface area contributed by atoms with Crippen LogP contribution in [-0.4, -0.2) is 146 Å². The van der Waals surface area contributed by atoms with E-state index in [9.17, 15) is 9.59 Å². The highest BCUT2D eigenvalue weighted by molar-refractivity contribution is 6.15. The fourth-order valence-corrected chi connectivity index (χ4v) is 9.32. The monoisotopic (exact) mass is 806 g/mol. The molecule has 0 spiro atoms. The van der Waals surface area contributed by atoms with Crippen LogP contribution in [0.1, 0.15) is 46.4 Å². The highest BCUT2D eigenvalue weighted by Crippen LogP contribution is 2.34. The Morgan fingerprint density at radius 1 is 0.517 bits per heavy atom. The zero-order valence-electron chi connectivity index (χ0n) is 35.1. The average Bonchev–Trinajstić information content (AvgIpc) is 3.27. The number of nitrogens with zero attached hydrogens (tertiary/aromatic N) is 6. The van der Waals surface area contributed by atoms with Crippen molar-refractivity contribution in [3.05, 3.63) is 96.1 Å². The van der Waals surface area contributed by atoms with Crippen molar-refractivity contribution < 1.29 is 9.59 Å². The Bertz CT molecular complexity index is 2310. The molecule has 0 atom stereocenters. The predicted molar refractivity (Wildman–Crippen MR) is 244 cm³/mol. The summed E-state index contributed by atoms with van der Waals surface area (Å²) in [6.45, 7) is 11.4. The predicted octanol–water partition coefficient (Wildman–Crippen LogP) is 5.88. The Balaban J connectivity index is 0.817. The quantitative estimate of drug-likeness (QED) is 0.112. The lowest BCUT2D eigenvalue weighted by Gasteiger charge is -2.35. The number of pyridine rings is 2. The molecule has 2 aromatic heterocycles. The lowest BCUT2D eigenvalue weighted by atomic mass is 10.0. The van der Waals surface area contributed by atoms with Gasteiger partial charge in [0.1, 0.15) is 0 Å². The molecular weight excluding hydrogens is 749 g/mol. The van der Waals surface area contributed by atoms with Gasteiger partial charge in [-0.05, 0) is 90.2 Å². The van der Waals surface area contributed by atoms with E-state index >= 15 is 0 Å². The first-order valence-electron chi connectivity index (χ1n) is 21.9. The van der Waals surface area contributed by atoms with Gasteiger partial charge >= 0.3 is 0 Å². The van der Waals surface area contributed by atoms with Crippen molar-refractivity contribution in [1.29, 1.82) is 0 Å². The molecule has 12 nitrogen and oxygen atoms in total. The summed E-state index contributed by atoms with van der Waals surface area (Å²) in [6.07, 6.45) is 3.85. The number of hydrogen-bond acceptors (Lipinski definition) is 10. The van der Waals surface area contributed by atoms with Crippen molar-refractivity contribution in [1.82, 2.24) is 40.2 Å². The van der Waals surface area contributed by atoms with Crippen LogP contribution >= 0.6 is 0 Å². The topological polar surface area (TPSA) is 121 Å². The van der Waals surface area contributed by atoms with Crippen molar-refractivity contribution in [3.63, 3.8) is 0 Å². The Hall–Kier alpha value is -5.40. The van der Waals surface area contributed by atoms with Crippen molar-refractivity contribution >= 4 is 66.8 Å². The van der Waals surface area contributed by atoms with Crippen molar-refractivity contribution in [2.45, 2.75) is 37.8 Å². The molecule has 3 fully saturated rings. The Morgan fingerprint density at radius 2 is 0.900 bits per heavy atom. The number of carbonyl (C=O) groups is 2. The molecule has 12 heteroatoms. The summed E-state index contributed by atoms with van der Waals surface area (Å²) in [4.78, 5) is 47.0.